The van der Waals surface area contributed by atoms with Gasteiger partial charge < -0.3 is 19.8 Å². The average molecular weight is 186 g/mol. The summed E-state index contributed by atoms with van der Waals surface area (Å²) < 4.78 is 8.88. The predicted octanol–water partition coefficient (Wildman–Crippen LogP) is 0.0962. The first-order valence-electron chi connectivity index (χ1n) is 3.16. The first kappa shape index (κ1) is 13.6. The van der Waals surface area contributed by atoms with Gasteiger partial charge in [-0.25, -0.2) is 4.57 Å². The van der Waals surface area contributed by atoms with Crippen molar-refractivity contribution in [2.45, 2.75) is 20.3 Å². The molecule has 0 aliphatic rings. The number of hydrogen-bond donors (Lipinski definition) is 4. The zero-order valence-electron chi connectivity index (χ0n) is 6.64. The van der Waals surface area contributed by atoms with Crippen LogP contribution >= 0.6 is 7.82 Å². The number of aliphatic hydroxyl groups excluding tert-OH is 1. The molecule has 11 heavy (non-hydrogen) atoms. The van der Waals surface area contributed by atoms with Crippen LogP contribution in [0.1, 0.15) is 20.3 Å². The van der Waals surface area contributed by atoms with Crippen molar-refractivity contribution in [1.82, 2.24) is 0 Å². The molecule has 0 radical (unpaired) electrons. The van der Waals surface area contributed by atoms with Crippen LogP contribution in [0.4, 0.5) is 0 Å². The first-order chi connectivity index (χ1) is 4.77. The molecule has 0 heterocycles. The Morgan fingerprint density at radius 1 is 1.27 bits per heavy atom. The molecule has 70 valence electrons. The summed E-state index contributed by atoms with van der Waals surface area (Å²) in [6.07, 6.45) is 0.931. The molecule has 0 bridgehead atoms. The van der Waals surface area contributed by atoms with E-state index < -0.39 is 7.82 Å². The molecule has 0 aromatic heterocycles. The molecule has 0 spiro atoms. The molecule has 0 aliphatic heterocycles. The SMILES string of the molecule is CC(C)CCO.O=P(O)(O)O. The Hall–Kier alpha value is 0.0700. The first-order valence-corrected chi connectivity index (χ1v) is 4.73. The van der Waals surface area contributed by atoms with Crippen molar-refractivity contribution in [2.24, 2.45) is 5.92 Å². The van der Waals surface area contributed by atoms with Gasteiger partial charge in [-0.1, -0.05) is 13.8 Å². The highest BCUT2D eigenvalue weighted by Crippen LogP contribution is 2.25. The van der Waals surface area contributed by atoms with Crippen LogP contribution in [0.3, 0.4) is 0 Å². The summed E-state index contributed by atoms with van der Waals surface area (Å²) in [6.45, 7) is 4.52. The Kier molecular flexibility index (Phi) is 8.39. The Balaban J connectivity index is 0. The maximum atomic E-state index is 8.88. The molecule has 0 aromatic rings. The van der Waals surface area contributed by atoms with Gasteiger partial charge in [0.25, 0.3) is 0 Å². The highest BCUT2D eigenvalue weighted by Gasteiger charge is 2.00. The lowest BCUT2D eigenvalue weighted by molar-refractivity contribution is 0.268. The smallest absolute Gasteiger partial charge is 0.396 e. The molecule has 0 fully saturated rings. The van der Waals surface area contributed by atoms with Crippen molar-refractivity contribution in [2.75, 3.05) is 6.61 Å². The maximum Gasteiger partial charge on any atom is 0.466 e. The van der Waals surface area contributed by atoms with Crippen LogP contribution in [0.5, 0.6) is 0 Å². The minimum absolute atomic E-state index is 0.331. The topological polar surface area (TPSA) is 98.0 Å². The second-order valence-corrected chi connectivity index (χ2v) is 3.45. The lowest BCUT2D eigenvalue weighted by Gasteiger charge is -1.95. The molecule has 0 saturated carbocycles. The van der Waals surface area contributed by atoms with E-state index in [4.69, 9.17) is 24.4 Å². The van der Waals surface area contributed by atoms with E-state index in [1.807, 2.05) is 0 Å². The molecule has 0 atom stereocenters. The fourth-order valence-corrected chi connectivity index (χ4v) is 0.258. The Morgan fingerprint density at radius 2 is 1.55 bits per heavy atom. The van der Waals surface area contributed by atoms with Crippen molar-refractivity contribution in [1.29, 1.82) is 0 Å². The zero-order chi connectivity index (χ0) is 9.49. The molecule has 0 amide bonds. The van der Waals surface area contributed by atoms with Gasteiger partial charge in [0.15, 0.2) is 0 Å². The molecule has 0 rings (SSSR count). The average Bonchev–Trinajstić information content (AvgIpc) is 1.58. The van der Waals surface area contributed by atoms with Gasteiger partial charge in [0, 0.05) is 6.61 Å². The molecule has 0 unspecified atom stereocenters. The Bertz CT molecular complexity index is 110. The van der Waals surface area contributed by atoms with Crippen LogP contribution in [0, 0.1) is 5.92 Å². The van der Waals surface area contributed by atoms with Gasteiger partial charge in [-0.05, 0) is 12.3 Å². The lowest BCUT2D eigenvalue weighted by atomic mass is 10.2. The molecular weight excluding hydrogens is 171 g/mol. The fourth-order valence-electron chi connectivity index (χ4n) is 0.258. The minimum Gasteiger partial charge on any atom is -0.396 e. The van der Waals surface area contributed by atoms with Crippen LogP contribution in [0.25, 0.3) is 0 Å². The van der Waals surface area contributed by atoms with Crippen LogP contribution in [-0.2, 0) is 4.57 Å². The van der Waals surface area contributed by atoms with E-state index in [0.29, 0.717) is 12.5 Å². The van der Waals surface area contributed by atoms with E-state index in [0.717, 1.165) is 6.42 Å². The van der Waals surface area contributed by atoms with E-state index in [9.17, 15) is 0 Å². The second-order valence-electron chi connectivity index (χ2n) is 2.42. The minimum atomic E-state index is -4.64. The van der Waals surface area contributed by atoms with Crippen molar-refractivity contribution in [3.8, 4) is 0 Å². The van der Waals surface area contributed by atoms with Crippen LogP contribution in [-0.4, -0.2) is 26.4 Å². The van der Waals surface area contributed by atoms with Crippen molar-refractivity contribution in [3.05, 3.63) is 0 Å². The highest BCUT2D eigenvalue weighted by molar-refractivity contribution is 7.45. The molecule has 0 aromatic carbocycles. The van der Waals surface area contributed by atoms with Gasteiger partial charge in [0.2, 0.25) is 0 Å². The quantitative estimate of drug-likeness (QED) is 0.458. The van der Waals surface area contributed by atoms with Crippen molar-refractivity contribution < 1.29 is 24.4 Å². The Labute approximate surface area is 65.9 Å². The molecule has 0 aliphatic carbocycles. The van der Waals surface area contributed by atoms with E-state index in [-0.39, 0.29) is 0 Å². The molecule has 6 heteroatoms. The maximum absolute atomic E-state index is 8.88. The zero-order valence-corrected chi connectivity index (χ0v) is 7.53. The van der Waals surface area contributed by atoms with Gasteiger partial charge in [-0.15, -0.1) is 0 Å². The summed E-state index contributed by atoms with van der Waals surface area (Å²) in [6, 6.07) is 0. The standard InChI is InChI=1S/C5H12O.H3O4P/c1-5(2)3-4-6;1-5(2,3)4/h5-6H,3-4H2,1-2H3;(H3,1,2,3,4). The van der Waals surface area contributed by atoms with Gasteiger partial charge in [-0.2, -0.15) is 0 Å². The van der Waals surface area contributed by atoms with E-state index in [2.05, 4.69) is 13.8 Å². The number of hydrogen-bond acceptors (Lipinski definition) is 2. The molecule has 5 nitrogen and oxygen atoms in total. The van der Waals surface area contributed by atoms with Crippen LogP contribution in [0.2, 0.25) is 0 Å². The molecule has 4 N–H and O–H groups in total. The Morgan fingerprint density at radius 3 is 1.55 bits per heavy atom. The van der Waals surface area contributed by atoms with E-state index in [1.54, 1.807) is 0 Å². The lowest BCUT2D eigenvalue weighted by Crippen LogP contribution is -1.89. The van der Waals surface area contributed by atoms with E-state index >= 15 is 0 Å². The molecular formula is C5H15O5P. The van der Waals surface area contributed by atoms with Gasteiger partial charge in [0.1, 0.15) is 0 Å². The van der Waals surface area contributed by atoms with Crippen LogP contribution in [0.15, 0.2) is 0 Å². The van der Waals surface area contributed by atoms with Crippen molar-refractivity contribution in [3.63, 3.8) is 0 Å². The summed E-state index contributed by atoms with van der Waals surface area (Å²) in [5.74, 6) is 0.648. The largest absolute Gasteiger partial charge is 0.466 e. The summed E-state index contributed by atoms with van der Waals surface area (Å²) in [5.41, 5.74) is 0. The third-order valence-electron chi connectivity index (χ3n) is 0.706. The van der Waals surface area contributed by atoms with E-state index in [1.165, 1.54) is 0 Å². The summed E-state index contributed by atoms with van der Waals surface area (Å²) >= 11 is 0. The van der Waals surface area contributed by atoms with Crippen LogP contribution < -0.4 is 0 Å². The fraction of sp³-hybridized carbons (Fsp3) is 1.00. The number of phosphoric acid groups is 1. The summed E-state index contributed by atoms with van der Waals surface area (Å²) in [4.78, 5) is 21.6. The number of rotatable bonds is 2. The molecule has 0 saturated heterocycles. The summed E-state index contributed by atoms with van der Waals surface area (Å²) in [5, 5.41) is 8.24. The normalized spacial score (nSPS) is 10.8. The highest BCUT2D eigenvalue weighted by atomic mass is 31.2. The third-order valence-corrected chi connectivity index (χ3v) is 0.706. The number of aliphatic hydroxyl groups is 1. The van der Waals surface area contributed by atoms with Gasteiger partial charge >= 0.3 is 7.82 Å². The van der Waals surface area contributed by atoms with Gasteiger partial charge in [0.05, 0.1) is 0 Å². The second kappa shape index (κ2) is 6.76. The summed E-state index contributed by atoms with van der Waals surface area (Å²) in [7, 11) is -4.64. The van der Waals surface area contributed by atoms with Crippen molar-refractivity contribution >= 4 is 7.82 Å². The van der Waals surface area contributed by atoms with Gasteiger partial charge in [-0.3, -0.25) is 0 Å². The monoisotopic (exact) mass is 186 g/mol. The predicted molar refractivity (Wildman–Crippen MR) is 40.8 cm³/mol. The third kappa shape index (κ3) is 69.6.